The Labute approximate surface area is 121 Å². The van der Waals surface area contributed by atoms with Crippen LogP contribution in [-0.4, -0.2) is 11.1 Å². The van der Waals surface area contributed by atoms with Crippen molar-refractivity contribution in [3.63, 3.8) is 0 Å². The molecule has 0 saturated heterocycles. The highest BCUT2D eigenvalue weighted by Crippen LogP contribution is 2.26. The maximum absolute atomic E-state index is 10.9. The Bertz CT molecular complexity index is 582. The van der Waals surface area contributed by atoms with Crippen LogP contribution in [0.2, 0.25) is 5.02 Å². The first-order valence-corrected chi connectivity index (χ1v) is 7.00. The molecule has 0 fully saturated rings. The van der Waals surface area contributed by atoms with Crippen molar-refractivity contribution < 1.29 is 14.6 Å². The monoisotopic (exact) mass is 346 g/mol. The lowest BCUT2D eigenvalue weighted by Crippen LogP contribution is -1.99. The van der Waals surface area contributed by atoms with E-state index in [4.69, 9.17) is 21.4 Å². The van der Waals surface area contributed by atoms with E-state index in [1.807, 2.05) is 11.4 Å². The maximum Gasteiger partial charge on any atom is 0.337 e. The van der Waals surface area contributed by atoms with Crippen LogP contribution in [0.4, 0.5) is 0 Å². The molecule has 0 radical (unpaired) electrons. The Morgan fingerprint density at radius 3 is 2.83 bits per heavy atom. The summed E-state index contributed by atoms with van der Waals surface area (Å²) in [5, 5.41) is 11.1. The number of thiophene rings is 1. The van der Waals surface area contributed by atoms with Gasteiger partial charge in [0.1, 0.15) is 12.4 Å². The maximum atomic E-state index is 10.9. The van der Waals surface area contributed by atoms with E-state index >= 15 is 0 Å². The minimum absolute atomic E-state index is 0.0411. The molecule has 0 aliphatic heterocycles. The molecule has 6 heteroatoms. The van der Waals surface area contributed by atoms with Gasteiger partial charge in [-0.15, -0.1) is 11.3 Å². The average Bonchev–Trinajstić information content (AvgIpc) is 2.73. The van der Waals surface area contributed by atoms with Crippen LogP contribution < -0.4 is 4.74 Å². The van der Waals surface area contributed by atoms with Crippen molar-refractivity contribution in [1.82, 2.24) is 0 Å². The quantitative estimate of drug-likeness (QED) is 0.889. The number of hydrogen-bond donors (Lipinski definition) is 1. The van der Waals surface area contributed by atoms with Crippen molar-refractivity contribution in [3.05, 3.63) is 49.6 Å². The van der Waals surface area contributed by atoms with Crippen molar-refractivity contribution in [1.29, 1.82) is 0 Å². The topological polar surface area (TPSA) is 46.5 Å². The molecule has 1 aromatic heterocycles. The lowest BCUT2D eigenvalue weighted by Gasteiger charge is -2.07. The molecule has 0 amide bonds. The number of carboxylic acids is 1. The summed E-state index contributed by atoms with van der Waals surface area (Å²) in [5.41, 5.74) is 0.0411. The van der Waals surface area contributed by atoms with Gasteiger partial charge in [-0.3, -0.25) is 0 Å². The third-order valence-corrected chi connectivity index (χ3v) is 4.46. The largest absolute Gasteiger partial charge is 0.488 e. The van der Waals surface area contributed by atoms with Gasteiger partial charge in [-0.05, 0) is 45.6 Å². The van der Waals surface area contributed by atoms with Gasteiger partial charge >= 0.3 is 5.97 Å². The lowest BCUT2D eigenvalue weighted by atomic mass is 10.2. The molecule has 1 heterocycles. The van der Waals surface area contributed by atoms with Crippen LogP contribution in [0.5, 0.6) is 5.75 Å². The van der Waals surface area contributed by atoms with Crippen LogP contribution in [0.3, 0.4) is 0 Å². The van der Waals surface area contributed by atoms with Gasteiger partial charge in [-0.25, -0.2) is 4.79 Å². The van der Waals surface area contributed by atoms with Crippen LogP contribution >= 0.6 is 38.9 Å². The van der Waals surface area contributed by atoms with Crippen LogP contribution in [0.25, 0.3) is 0 Å². The van der Waals surface area contributed by atoms with Gasteiger partial charge in [0.15, 0.2) is 0 Å². The molecule has 2 aromatic rings. The van der Waals surface area contributed by atoms with Crippen molar-refractivity contribution in [3.8, 4) is 5.75 Å². The number of rotatable bonds is 4. The van der Waals surface area contributed by atoms with Gasteiger partial charge in [0, 0.05) is 4.47 Å². The zero-order valence-corrected chi connectivity index (χ0v) is 12.2. The first-order valence-electron chi connectivity index (χ1n) is 4.95. The summed E-state index contributed by atoms with van der Waals surface area (Å²) >= 11 is 10.7. The molecular formula is C12H8BrClO3S. The fraction of sp³-hybridized carbons (Fsp3) is 0.0833. The van der Waals surface area contributed by atoms with E-state index in [0.717, 1.165) is 9.35 Å². The molecular weight excluding hydrogens is 340 g/mol. The molecule has 3 nitrogen and oxygen atoms in total. The molecule has 0 saturated carbocycles. The van der Waals surface area contributed by atoms with E-state index in [9.17, 15) is 4.79 Å². The average molecular weight is 348 g/mol. The lowest BCUT2D eigenvalue weighted by molar-refractivity contribution is 0.0696. The summed E-state index contributed by atoms with van der Waals surface area (Å²) in [6.45, 7) is 0.388. The molecule has 18 heavy (non-hydrogen) atoms. The molecule has 0 aliphatic rings. The van der Waals surface area contributed by atoms with E-state index in [1.54, 1.807) is 17.4 Å². The Balaban J connectivity index is 2.13. The minimum atomic E-state index is -1.07. The van der Waals surface area contributed by atoms with Crippen molar-refractivity contribution in [2.75, 3.05) is 0 Å². The summed E-state index contributed by atoms with van der Waals surface area (Å²) in [5.74, 6) is -0.583. The highest BCUT2D eigenvalue weighted by atomic mass is 79.9. The zero-order chi connectivity index (χ0) is 13.1. The zero-order valence-electron chi connectivity index (χ0n) is 9.02. The Kier molecular flexibility index (Phi) is 4.27. The standard InChI is InChI=1S/C12H8BrClO3S/c13-9-3-4-18-11(9)6-17-7-1-2-10(14)8(5-7)12(15)16/h1-5H,6H2,(H,15,16). The SMILES string of the molecule is O=C(O)c1cc(OCc2sccc2Br)ccc1Cl. The molecule has 0 atom stereocenters. The van der Waals surface area contributed by atoms with Crippen molar-refractivity contribution in [2.45, 2.75) is 6.61 Å². The van der Waals surface area contributed by atoms with E-state index in [-0.39, 0.29) is 10.6 Å². The Hall–Kier alpha value is -1.04. The summed E-state index contributed by atoms with van der Waals surface area (Å²) in [7, 11) is 0. The van der Waals surface area contributed by atoms with Gasteiger partial charge in [0.2, 0.25) is 0 Å². The third kappa shape index (κ3) is 3.04. The molecule has 0 bridgehead atoms. The third-order valence-electron chi connectivity index (χ3n) is 2.23. The smallest absolute Gasteiger partial charge is 0.337 e. The summed E-state index contributed by atoms with van der Waals surface area (Å²) in [6.07, 6.45) is 0. The molecule has 2 rings (SSSR count). The number of benzene rings is 1. The van der Waals surface area contributed by atoms with E-state index in [2.05, 4.69) is 15.9 Å². The van der Waals surface area contributed by atoms with E-state index in [0.29, 0.717) is 12.4 Å². The summed E-state index contributed by atoms with van der Waals surface area (Å²) < 4.78 is 6.52. The van der Waals surface area contributed by atoms with Gasteiger partial charge < -0.3 is 9.84 Å². The van der Waals surface area contributed by atoms with Crippen LogP contribution in [0.15, 0.2) is 34.1 Å². The minimum Gasteiger partial charge on any atom is -0.488 e. The van der Waals surface area contributed by atoms with Gasteiger partial charge in [0.25, 0.3) is 0 Å². The Morgan fingerprint density at radius 2 is 2.22 bits per heavy atom. The fourth-order valence-electron chi connectivity index (χ4n) is 1.34. The van der Waals surface area contributed by atoms with Gasteiger partial charge in [-0.1, -0.05) is 11.6 Å². The van der Waals surface area contributed by atoms with E-state index in [1.165, 1.54) is 12.1 Å². The van der Waals surface area contributed by atoms with Crippen molar-refractivity contribution >= 4 is 44.8 Å². The highest BCUT2D eigenvalue weighted by molar-refractivity contribution is 9.10. The van der Waals surface area contributed by atoms with Crippen LogP contribution in [-0.2, 0) is 6.61 Å². The normalized spacial score (nSPS) is 10.3. The highest BCUT2D eigenvalue weighted by Gasteiger charge is 2.10. The number of aromatic carboxylic acids is 1. The first-order chi connectivity index (χ1) is 8.58. The molecule has 0 unspecified atom stereocenters. The second kappa shape index (κ2) is 5.73. The number of ether oxygens (including phenoxy) is 1. The van der Waals surface area contributed by atoms with Gasteiger partial charge in [-0.2, -0.15) is 0 Å². The van der Waals surface area contributed by atoms with E-state index < -0.39 is 5.97 Å². The second-order valence-electron chi connectivity index (χ2n) is 3.43. The molecule has 1 N–H and O–H groups in total. The number of carboxylic acid groups (broad SMARTS) is 1. The fourth-order valence-corrected chi connectivity index (χ4v) is 2.91. The number of hydrogen-bond acceptors (Lipinski definition) is 3. The van der Waals surface area contributed by atoms with Crippen molar-refractivity contribution in [2.24, 2.45) is 0 Å². The predicted octanol–water partition coefficient (Wildman–Crippen LogP) is 4.44. The molecule has 1 aromatic carbocycles. The summed E-state index contributed by atoms with van der Waals surface area (Å²) in [4.78, 5) is 12.0. The first kappa shape index (κ1) is 13.4. The number of halogens is 2. The Morgan fingerprint density at radius 1 is 1.44 bits per heavy atom. The second-order valence-corrected chi connectivity index (χ2v) is 5.69. The van der Waals surface area contributed by atoms with Crippen LogP contribution in [0, 0.1) is 0 Å². The van der Waals surface area contributed by atoms with Gasteiger partial charge in [0.05, 0.1) is 15.5 Å². The predicted molar refractivity (Wildman–Crippen MR) is 74.8 cm³/mol. The molecule has 0 spiro atoms. The van der Waals surface area contributed by atoms with Crippen LogP contribution in [0.1, 0.15) is 15.2 Å². The number of carbonyl (C=O) groups is 1. The molecule has 94 valence electrons. The molecule has 0 aliphatic carbocycles. The summed E-state index contributed by atoms with van der Waals surface area (Å²) in [6, 6.07) is 6.53.